The van der Waals surface area contributed by atoms with E-state index in [1.807, 2.05) is 0 Å². The zero-order valence-corrected chi connectivity index (χ0v) is 42.7. The first kappa shape index (κ1) is 52.1. The van der Waals surface area contributed by atoms with E-state index >= 15 is 0 Å². The van der Waals surface area contributed by atoms with Crippen LogP contribution in [0.25, 0.3) is 32.3 Å². The number of halogens is 2. The molecule has 0 bridgehead atoms. The molecule has 0 heterocycles. The Balaban J connectivity index is 2.03. The fourth-order valence-electron chi connectivity index (χ4n) is 8.10. The van der Waals surface area contributed by atoms with Crippen molar-refractivity contribution in [2.75, 3.05) is 39.6 Å². The minimum atomic E-state index is -0.975. The van der Waals surface area contributed by atoms with Gasteiger partial charge in [0.25, 0.3) is 0 Å². The summed E-state index contributed by atoms with van der Waals surface area (Å²) in [5, 5.41) is 6.59. The maximum absolute atomic E-state index is 7.25. The zero-order valence-electron chi connectivity index (χ0n) is 39.8. The van der Waals surface area contributed by atoms with Gasteiger partial charge in [-0.1, -0.05) is 27.2 Å². The average Bonchev–Trinajstić information content (AvgIpc) is 3.28. The smallest absolute Gasteiger partial charge is 0.0654 e. The van der Waals surface area contributed by atoms with Crippen molar-refractivity contribution in [3.63, 3.8) is 0 Å². The third-order valence-electron chi connectivity index (χ3n) is 11.8. The van der Waals surface area contributed by atoms with Gasteiger partial charge in [0, 0.05) is 0 Å². The fraction of sp³-hybridized carbons (Fsp3) is 0.667. The second-order valence-electron chi connectivity index (χ2n) is 17.2. The predicted molar refractivity (Wildman–Crippen MR) is 261 cm³/mol. The third kappa shape index (κ3) is 16.5. The molecule has 0 unspecified atom stereocenters. The monoisotopic (exact) mass is 989 g/mol. The molecule has 0 aliphatic rings. The third-order valence-corrected chi connectivity index (χ3v) is 14.2. The minimum Gasteiger partial charge on any atom is -0.0654 e. The van der Waals surface area contributed by atoms with Crippen LogP contribution in [0, 0.1) is 3.57 Å². The van der Waals surface area contributed by atoms with Gasteiger partial charge in [-0.2, -0.15) is 0 Å². The number of hydrogen-bond acceptors (Lipinski definition) is 6. The SMILES string of the molecule is CCCCCCOc1cc2c3cc(OCCCCCC)c(OCCCCCC)cc3c3c([I-]Cl)c(OCCCCCC)c(OCCCCCC)cc3c2cc1OCCCCCC. The van der Waals surface area contributed by atoms with Gasteiger partial charge >= 0.3 is 366 Å². The van der Waals surface area contributed by atoms with Gasteiger partial charge in [-0.3, -0.25) is 0 Å². The Labute approximate surface area is 391 Å². The molecule has 0 aliphatic heterocycles. The molecule has 0 saturated heterocycles. The van der Waals surface area contributed by atoms with Crippen LogP contribution in [-0.2, 0) is 0 Å². The Kier molecular flexibility index (Phi) is 26.4. The van der Waals surface area contributed by atoms with Crippen LogP contribution in [0.1, 0.15) is 196 Å². The maximum atomic E-state index is 7.25. The molecule has 62 heavy (non-hydrogen) atoms. The number of hydrogen-bond donors (Lipinski definition) is 0. The Morgan fingerprint density at radius 1 is 0.323 bits per heavy atom. The molecule has 4 aromatic rings. The van der Waals surface area contributed by atoms with Crippen LogP contribution in [0.5, 0.6) is 34.5 Å². The molecule has 0 fully saturated rings. The van der Waals surface area contributed by atoms with Crippen LogP contribution in [0.3, 0.4) is 0 Å². The Morgan fingerprint density at radius 2 is 0.581 bits per heavy atom. The number of ether oxygens (including phenoxy) is 6. The van der Waals surface area contributed by atoms with Crippen LogP contribution in [0.2, 0.25) is 0 Å². The molecule has 0 amide bonds. The van der Waals surface area contributed by atoms with Gasteiger partial charge in [0.15, 0.2) is 0 Å². The summed E-state index contributed by atoms with van der Waals surface area (Å²) in [6.45, 7) is 17.4. The molecule has 0 N–H and O–H groups in total. The van der Waals surface area contributed by atoms with Crippen molar-refractivity contribution in [1.29, 1.82) is 0 Å². The van der Waals surface area contributed by atoms with Crippen molar-refractivity contribution in [3.05, 3.63) is 33.9 Å². The van der Waals surface area contributed by atoms with Crippen molar-refractivity contribution >= 4 is 41.2 Å². The van der Waals surface area contributed by atoms with Crippen molar-refractivity contribution in [2.45, 2.75) is 196 Å². The van der Waals surface area contributed by atoms with Crippen molar-refractivity contribution < 1.29 is 48.5 Å². The van der Waals surface area contributed by atoms with Gasteiger partial charge in [0.05, 0.1) is 0 Å². The zero-order chi connectivity index (χ0) is 44.2. The average molecular weight is 991 g/mol. The van der Waals surface area contributed by atoms with Crippen LogP contribution in [0.4, 0.5) is 0 Å². The molecule has 350 valence electrons. The molecule has 8 heteroatoms. The van der Waals surface area contributed by atoms with E-state index in [9.17, 15) is 0 Å². The molecule has 4 rings (SSSR count). The van der Waals surface area contributed by atoms with Crippen molar-refractivity contribution in [1.82, 2.24) is 0 Å². The molecule has 4 aromatic carbocycles. The summed E-state index contributed by atoms with van der Waals surface area (Å²) >= 11 is -0.975. The second-order valence-corrected chi connectivity index (χ2v) is 19.6. The van der Waals surface area contributed by atoms with E-state index in [0.29, 0.717) is 39.6 Å². The first-order valence-corrected chi connectivity index (χ1v) is 29.0. The first-order chi connectivity index (χ1) is 30.6. The van der Waals surface area contributed by atoms with Gasteiger partial charge < -0.3 is 0 Å². The van der Waals surface area contributed by atoms with E-state index in [1.54, 1.807) is 0 Å². The summed E-state index contributed by atoms with van der Waals surface area (Å²) in [6, 6.07) is 11.2. The molecular formula is C54H83ClIO6-. The van der Waals surface area contributed by atoms with E-state index in [-0.39, 0.29) is 0 Å². The second kappa shape index (κ2) is 31.4. The van der Waals surface area contributed by atoms with Crippen LogP contribution < -0.4 is 48.5 Å². The summed E-state index contributed by atoms with van der Waals surface area (Å²) in [5.41, 5.74) is 0. The molecule has 0 aromatic heterocycles. The van der Waals surface area contributed by atoms with Crippen molar-refractivity contribution in [3.8, 4) is 34.5 Å². The van der Waals surface area contributed by atoms with Gasteiger partial charge in [0.2, 0.25) is 0 Å². The minimum absolute atomic E-state index is 0.633. The number of unbranched alkanes of at least 4 members (excludes halogenated alkanes) is 18. The van der Waals surface area contributed by atoms with Gasteiger partial charge in [-0.15, -0.1) is 0 Å². The quantitative estimate of drug-likeness (QED) is 0.0255. The fourth-order valence-corrected chi connectivity index (χ4v) is 10.4. The predicted octanol–water partition coefficient (Wildman–Crippen LogP) is 14.3. The van der Waals surface area contributed by atoms with Crippen LogP contribution in [-0.4, -0.2) is 39.6 Å². The Bertz CT molecular complexity index is 1790. The normalized spacial score (nSPS) is 11.6. The first-order valence-electron chi connectivity index (χ1n) is 25.2. The van der Waals surface area contributed by atoms with Gasteiger partial charge in [-0.25, -0.2) is 0 Å². The molecule has 0 spiro atoms. The number of rotatable bonds is 37. The van der Waals surface area contributed by atoms with Crippen LogP contribution in [0.15, 0.2) is 30.3 Å². The summed E-state index contributed by atoms with van der Waals surface area (Å²) in [7, 11) is 7.25. The van der Waals surface area contributed by atoms with Crippen LogP contribution >= 0.6 is 8.91 Å². The molecular weight excluding hydrogens is 907 g/mol. The molecule has 6 nitrogen and oxygen atoms in total. The van der Waals surface area contributed by atoms with Crippen molar-refractivity contribution in [2.24, 2.45) is 0 Å². The molecule has 0 saturated carbocycles. The molecule has 0 radical (unpaired) electrons. The Hall–Kier alpha value is -2.52. The summed E-state index contributed by atoms with van der Waals surface area (Å²) < 4.78 is 41.4. The summed E-state index contributed by atoms with van der Waals surface area (Å²) in [5.74, 6) is 4.79. The van der Waals surface area contributed by atoms with E-state index < -0.39 is 20.1 Å². The standard InChI is InChI=1S/C54H83ClIO6/c1-7-13-19-25-31-57-47-37-42-43-38-49(59-33-27-21-15-9-3)50(60-34-28-22-16-10-4)40-45(43)52-46(44(42)39-48(47)58-32-26-20-14-8-2)41-51(61-35-29-23-17-11-5)54(53(52)56-55)62-36-30-24-18-12-6/h37-41H,7-36H2,1-6H3/q-1. The van der Waals surface area contributed by atoms with Gasteiger partial charge in [-0.05, 0) is 0 Å². The Morgan fingerprint density at radius 3 is 0.887 bits per heavy atom. The molecule has 0 aliphatic carbocycles. The molecule has 0 atom stereocenters. The van der Waals surface area contributed by atoms with Gasteiger partial charge in [0.1, 0.15) is 0 Å². The summed E-state index contributed by atoms with van der Waals surface area (Å²) in [6.07, 6.45) is 27.3. The van der Waals surface area contributed by atoms with E-state index in [0.717, 1.165) is 147 Å². The van der Waals surface area contributed by atoms with E-state index in [1.165, 1.54) is 77.0 Å². The topological polar surface area (TPSA) is 55.4 Å². The van der Waals surface area contributed by atoms with E-state index in [2.05, 4.69) is 71.9 Å². The number of benzene rings is 4. The number of fused-ring (bicyclic) bond motifs is 6. The van der Waals surface area contributed by atoms with E-state index in [4.69, 9.17) is 37.3 Å². The summed E-state index contributed by atoms with van der Waals surface area (Å²) in [4.78, 5) is 0.